The molecule has 0 aliphatic rings. The summed E-state index contributed by atoms with van der Waals surface area (Å²) in [6.45, 7) is -1.56. The van der Waals surface area contributed by atoms with Crippen molar-refractivity contribution in [2.24, 2.45) is 0 Å². The summed E-state index contributed by atoms with van der Waals surface area (Å²) >= 11 is 0. The van der Waals surface area contributed by atoms with E-state index in [4.69, 9.17) is 0 Å². The Morgan fingerprint density at radius 3 is 2.29 bits per heavy atom. The van der Waals surface area contributed by atoms with E-state index in [1.54, 1.807) is 31.0 Å². The van der Waals surface area contributed by atoms with E-state index in [9.17, 15) is 31.5 Å². The summed E-state index contributed by atoms with van der Waals surface area (Å²) in [5, 5.41) is 4.41. The Morgan fingerprint density at radius 1 is 1.03 bits per heavy atom. The highest BCUT2D eigenvalue weighted by atomic mass is 19.3. The van der Waals surface area contributed by atoms with Crippen LogP contribution in [0.1, 0.15) is 12.5 Å². The van der Waals surface area contributed by atoms with Gasteiger partial charge in [-0.15, -0.1) is 0 Å². The lowest BCUT2D eigenvalue weighted by Gasteiger charge is -2.24. The SMILES string of the molecule is CC(C(=O)NCC(=O)Nc1ccc(F)c(F)c1F)N(C)Cc1ccc(OC(F)F)cc1. The van der Waals surface area contributed by atoms with Crippen LogP contribution < -0.4 is 15.4 Å². The van der Waals surface area contributed by atoms with Crippen molar-refractivity contribution in [2.45, 2.75) is 26.1 Å². The summed E-state index contributed by atoms with van der Waals surface area (Å²) in [5.74, 6) is -5.99. The first-order valence-corrected chi connectivity index (χ1v) is 9.03. The summed E-state index contributed by atoms with van der Waals surface area (Å²) in [5.41, 5.74) is 0.179. The van der Waals surface area contributed by atoms with Gasteiger partial charge in [-0.3, -0.25) is 14.5 Å². The summed E-state index contributed by atoms with van der Waals surface area (Å²) < 4.78 is 68.3. The number of nitrogens with one attached hydrogen (secondary N) is 2. The maximum atomic E-state index is 13.6. The molecule has 2 N–H and O–H groups in total. The normalized spacial score (nSPS) is 12.0. The van der Waals surface area contributed by atoms with Crippen LogP contribution in [0.25, 0.3) is 0 Å². The minimum atomic E-state index is -2.92. The van der Waals surface area contributed by atoms with Gasteiger partial charge in [0.2, 0.25) is 11.8 Å². The Morgan fingerprint density at radius 2 is 1.68 bits per heavy atom. The van der Waals surface area contributed by atoms with Gasteiger partial charge in [0.15, 0.2) is 17.5 Å². The van der Waals surface area contributed by atoms with Gasteiger partial charge in [0.25, 0.3) is 0 Å². The van der Waals surface area contributed by atoms with E-state index in [0.29, 0.717) is 12.6 Å². The van der Waals surface area contributed by atoms with Crippen molar-refractivity contribution in [2.75, 3.05) is 18.9 Å². The average Bonchev–Trinajstić information content (AvgIpc) is 2.72. The molecule has 2 aromatic carbocycles. The Kier molecular flexibility index (Phi) is 8.31. The van der Waals surface area contributed by atoms with Gasteiger partial charge in [-0.05, 0) is 43.8 Å². The fourth-order valence-electron chi connectivity index (χ4n) is 2.53. The van der Waals surface area contributed by atoms with Crippen LogP contribution in [0.2, 0.25) is 0 Å². The number of amides is 2. The number of hydrogen-bond acceptors (Lipinski definition) is 4. The molecule has 11 heteroatoms. The molecule has 31 heavy (non-hydrogen) atoms. The van der Waals surface area contributed by atoms with Gasteiger partial charge >= 0.3 is 6.61 Å². The molecule has 0 saturated carbocycles. The smallest absolute Gasteiger partial charge is 0.387 e. The predicted molar refractivity (Wildman–Crippen MR) is 102 cm³/mol. The summed E-state index contributed by atoms with van der Waals surface area (Å²) in [7, 11) is 1.64. The Balaban J connectivity index is 1.84. The van der Waals surface area contributed by atoms with Gasteiger partial charge in [-0.1, -0.05) is 12.1 Å². The molecule has 0 spiro atoms. The molecule has 0 aromatic heterocycles. The highest BCUT2D eigenvalue weighted by Gasteiger charge is 2.20. The topological polar surface area (TPSA) is 70.7 Å². The molecule has 0 bridgehead atoms. The molecule has 2 aromatic rings. The predicted octanol–water partition coefficient (Wildman–Crippen LogP) is 3.28. The molecule has 2 rings (SSSR count). The lowest BCUT2D eigenvalue weighted by atomic mass is 10.2. The first-order chi connectivity index (χ1) is 14.6. The van der Waals surface area contributed by atoms with Gasteiger partial charge in [-0.25, -0.2) is 13.2 Å². The lowest BCUT2D eigenvalue weighted by Crippen LogP contribution is -2.45. The number of hydrogen-bond donors (Lipinski definition) is 2. The van der Waals surface area contributed by atoms with E-state index < -0.39 is 54.2 Å². The van der Waals surface area contributed by atoms with Crippen molar-refractivity contribution >= 4 is 17.5 Å². The molecule has 6 nitrogen and oxygen atoms in total. The fraction of sp³-hybridized carbons (Fsp3) is 0.300. The molecule has 2 amide bonds. The van der Waals surface area contributed by atoms with Crippen LogP contribution in [0, 0.1) is 17.5 Å². The first-order valence-electron chi connectivity index (χ1n) is 9.03. The number of anilines is 1. The number of ether oxygens (including phenoxy) is 1. The zero-order chi connectivity index (χ0) is 23.1. The molecule has 168 valence electrons. The van der Waals surface area contributed by atoms with E-state index in [1.165, 1.54) is 12.1 Å². The van der Waals surface area contributed by atoms with Crippen LogP contribution in [-0.2, 0) is 16.1 Å². The van der Waals surface area contributed by atoms with Crippen molar-refractivity contribution in [3.8, 4) is 5.75 Å². The van der Waals surface area contributed by atoms with Gasteiger partial charge in [-0.2, -0.15) is 8.78 Å². The van der Waals surface area contributed by atoms with Crippen molar-refractivity contribution < 1.29 is 36.3 Å². The van der Waals surface area contributed by atoms with E-state index in [0.717, 1.165) is 11.6 Å². The number of halogens is 5. The number of nitrogens with zero attached hydrogens (tertiary/aromatic N) is 1. The zero-order valence-corrected chi connectivity index (χ0v) is 16.6. The van der Waals surface area contributed by atoms with E-state index in [2.05, 4.69) is 10.1 Å². The number of alkyl halides is 2. The molecule has 0 fully saturated rings. The molecule has 1 atom stereocenters. The molecule has 0 aliphatic carbocycles. The third-order valence-corrected chi connectivity index (χ3v) is 4.35. The third-order valence-electron chi connectivity index (χ3n) is 4.35. The highest BCUT2D eigenvalue weighted by molar-refractivity contribution is 5.95. The first kappa shape index (κ1) is 24.1. The number of benzene rings is 2. The monoisotopic (exact) mass is 445 g/mol. The lowest BCUT2D eigenvalue weighted by molar-refractivity contribution is -0.127. The van der Waals surface area contributed by atoms with Gasteiger partial charge < -0.3 is 15.4 Å². The molecule has 0 aliphatic heterocycles. The molecule has 0 heterocycles. The highest BCUT2D eigenvalue weighted by Crippen LogP contribution is 2.19. The largest absolute Gasteiger partial charge is 0.435 e. The van der Waals surface area contributed by atoms with Crippen molar-refractivity contribution in [3.05, 3.63) is 59.4 Å². The van der Waals surface area contributed by atoms with Crippen molar-refractivity contribution in [3.63, 3.8) is 0 Å². The van der Waals surface area contributed by atoms with Gasteiger partial charge in [0.05, 0.1) is 18.3 Å². The standard InChI is InChI=1S/C20H20F5N3O3/c1-11(28(2)10-12-3-5-13(6-4-12)31-20(24)25)19(30)26-9-16(29)27-15-8-7-14(21)17(22)18(15)23/h3-8,11,20H,9-10H2,1-2H3,(H,26,30)(H,27,29). The van der Waals surface area contributed by atoms with Crippen LogP contribution in [0.3, 0.4) is 0 Å². The zero-order valence-electron chi connectivity index (χ0n) is 16.6. The maximum absolute atomic E-state index is 13.6. The molecular formula is C20H20F5N3O3. The van der Waals surface area contributed by atoms with E-state index in [-0.39, 0.29) is 5.75 Å². The average molecular weight is 445 g/mol. The summed E-state index contributed by atoms with van der Waals surface area (Å²) in [6.07, 6.45) is 0. The Hall–Kier alpha value is -3.21. The molecular weight excluding hydrogens is 425 g/mol. The number of rotatable bonds is 9. The van der Waals surface area contributed by atoms with Crippen LogP contribution >= 0.6 is 0 Å². The number of likely N-dealkylation sites (N-methyl/N-ethyl adjacent to an activating group) is 1. The van der Waals surface area contributed by atoms with E-state index >= 15 is 0 Å². The van der Waals surface area contributed by atoms with Crippen LogP contribution in [0.5, 0.6) is 5.75 Å². The molecule has 1 unspecified atom stereocenters. The van der Waals surface area contributed by atoms with Crippen molar-refractivity contribution in [1.29, 1.82) is 0 Å². The third kappa shape index (κ3) is 6.92. The second-order valence-electron chi connectivity index (χ2n) is 6.60. The van der Waals surface area contributed by atoms with Crippen LogP contribution in [-0.4, -0.2) is 43.0 Å². The van der Waals surface area contributed by atoms with Gasteiger partial charge in [0, 0.05) is 6.54 Å². The maximum Gasteiger partial charge on any atom is 0.387 e. The summed E-state index contributed by atoms with van der Waals surface area (Å²) in [6, 6.07) is 6.75. The fourth-order valence-corrected chi connectivity index (χ4v) is 2.53. The minimum absolute atomic E-state index is 0.00989. The van der Waals surface area contributed by atoms with Crippen molar-refractivity contribution in [1.82, 2.24) is 10.2 Å². The Bertz CT molecular complexity index is 925. The summed E-state index contributed by atoms with van der Waals surface area (Å²) in [4.78, 5) is 25.8. The Labute approximate surface area is 175 Å². The van der Waals surface area contributed by atoms with Crippen LogP contribution in [0.15, 0.2) is 36.4 Å². The molecule has 0 saturated heterocycles. The quantitative estimate of drug-likeness (QED) is 0.459. The second-order valence-corrected chi connectivity index (χ2v) is 6.60. The van der Waals surface area contributed by atoms with Crippen LogP contribution in [0.4, 0.5) is 27.6 Å². The molecule has 0 radical (unpaired) electrons. The minimum Gasteiger partial charge on any atom is -0.435 e. The second kappa shape index (κ2) is 10.7. The number of carbonyl (C=O) groups excluding carboxylic acids is 2. The van der Waals surface area contributed by atoms with E-state index in [1.807, 2.05) is 5.32 Å². The van der Waals surface area contributed by atoms with Gasteiger partial charge in [0.1, 0.15) is 5.75 Å². The number of carbonyl (C=O) groups is 2.